The van der Waals surface area contributed by atoms with Crippen molar-refractivity contribution in [2.24, 2.45) is 5.73 Å². The van der Waals surface area contributed by atoms with Crippen molar-refractivity contribution in [2.45, 2.75) is 64.0 Å². The number of nitrogens with two attached hydrogens (primary N) is 1. The molecule has 0 aliphatic heterocycles. The first-order valence-electron chi connectivity index (χ1n) is 6.82. The Morgan fingerprint density at radius 1 is 1.41 bits per heavy atom. The van der Waals surface area contributed by atoms with Gasteiger partial charge < -0.3 is 15.8 Å². The monoisotopic (exact) mass is 242 g/mol. The van der Waals surface area contributed by atoms with E-state index in [1.165, 1.54) is 32.1 Å². The zero-order chi connectivity index (χ0) is 12.5. The molecule has 0 radical (unpaired) electrons. The van der Waals surface area contributed by atoms with Crippen molar-refractivity contribution in [3.05, 3.63) is 0 Å². The lowest BCUT2D eigenvalue weighted by molar-refractivity contribution is -0.121. The maximum Gasteiger partial charge on any atom is 0.220 e. The van der Waals surface area contributed by atoms with E-state index >= 15 is 0 Å². The molecule has 1 rings (SSSR count). The zero-order valence-corrected chi connectivity index (χ0v) is 10.9. The lowest BCUT2D eigenvalue weighted by Crippen LogP contribution is -2.30. The first kappa shape index (κ1) is 14.5. The van der Waals surface area contributed by atoms with Gasteiger partial charge in [0.15, 0.2) is 0 Å². The minimum atomic E-state index is 0.0783. The first-order valence-corrected chi connectivity index (χ1v) is 6.82. The minimum absolute atomic E-state index is 0.0783. The van der Waals surface area contributed by atoms with E-state index in [4.69, 9.17) is 10.5 Å². The number of carbonyl (C=O) groups excluding carboxylic acids is 1. The maximum absolute atomic E-state index is 11.4. The minimum Gasteiger partial charge on any atom is -0.376 e. The summed E-state index contributed by atoms with van der Waals surface area (Å²) < 4.78 is 5.72. The molecule has 1 saturated carbocycles. The maximum atomic E-state index is 11.4. The van der Waals surface area contributed by atoms with Gasteiger partial charge >= 0.3 is 0 Å². The van der Waals surface area contributed by atoms with Crippen molar-refractivity contribution < 1.29 is 9.53 Å². The molecular formula is C13H26N2O2. The summed E-state index contributed by atoms with van der Waals surface area (Å²) in [5, 5.41) is 2.86. The quantitative estimate of drug-likeness (QED) is 0.666. The van der Waals surface area contributed by atoms with Crippen LogP contribution in [0.2, 0.25) is 0 Å². The van der Waals surface area contributed by atoms with E-state index in [1.54, 1.807) is 0 Å². The van der Waals surface area contributed by atoms with E-state index < -0.39 is 0 Å². The van der Waals surface area contributed by atoms with Crippen LogP contribution in [0.1, 0.15) is 51.9 Å². The Morgan fingerprint density at radius 2 is 2.12 bits per heavy atom. The number of carbonyl (C=O) groups is 1. The third-order valence-corrected chi connectivity index (χ3v) is 3.16. The van der Waals surface area contributed by atoms with Crippen molar-refractivity contribution in [3.8, 4) is 0 Å². The molecule has 1 aliphatic rings. The van der Waals surface area contributed by atoms with Gasteiger partial charge in [0.2, 0.25) is 5.91 Å². The number of amides is 1. The molecule has 0 aromatic rings. The molecule has 1 unspecified atom stereocenters. The molecule has 3 N–H and O–H groups in total. The molecule has 1 amide bonds. The van der Waals surface area contributed by atoms with E-state index in [0.29, 0.717) is 25.7 Å². The van der Waals surface area contributed by atoms with Crippen molar-refractivity contribution in [2.75, 3.05) is 13.2 Å². The molecule has 1 fully saturated rings. The standard InChI is InChI=1S/C13H26N2O2/c1-11(14)7-8-13(16)15-9-10-17-12-5-3-2-4-6-12/h11-12H,2-10,14H2,1H3,(H,15,16). The molecule has 1 aliphatic carbocycles. The predicted octanol–water partition coefficient (Wildman–Crippen LogP) is 1.58. The molecule has 4 nitrogen and oxygen atoms in total. The van der Waals surface area contributed by atoms with Gasteiger partial charge in [0.1, 0.15) is 0 Å². The Kier molecular flexibility index (Phi) is 7.21. The third kappa shape index (κ3) is 7.34. The van der Waals surface area contributed by atoms with E-state index in [2.05, 4.69) is 5.32 Å². The Morgan fingerprint density at radius 3 is 2.76 bits per heavy atom. The lowest BCUT2D eigenvalue weighted by Gasteiger charge is -2.22. The van der Waals surface area contributed by atoms with Crippen LogP contribution in [-0.4, -0.2) is 31.2 Å². The fourth-order valence-electron chi connectivity index (χ4n) is 2.09. The summed E-state index contributed by atoms with van der Waals surface area (Å²) in [5.74, 6) is 0.0783. The molecule has 0 aromatic heterocycles. The van der Waals surface area contributed by atoms with Gasteiger partial charge in [-0.15, -0.1) is 0 Å². The van der Waals surface area contributed by atoms with Crippen LogP contribution in [0.3, 0.4) is 0 Å². The Hall–Kier alpha value is -0.610. The van der Waals surface area contributed by atoms with Crippen LogP contribution in [0.15, 0.2) is 0 Å². The number of ether oxygens (including phenoxy) is 1. The van der Waals surface area contributed by atoms with E-state index in [0.717, 1.165) is 6.42 Å². The highest BCUT2D eigenvalue weighted by Crippen LogP contribution is 2.19. The smallest absolute Gasteiger partial charge is 0.220 e. The lowest BCUT2D eigenvalue weighted by atomic mass is 9.98. The number of hydrogen-bond donors (Lipinski definition) is 2. The molecule has 0 bridgehead atoms. The fourth-order valence-corrected chi connectivity index (χ4v) is 2.09. The molecule has 100 valence electrons. The summed E-state index contributed by atoms with van der Waals surface area (Å²) in [6.45, 7) is 3.17. The van der Waals surface area contributed by atoms with Crippen LogP contribution >= 0.6 is 0 Å². The highest BCUT2D eigenvalue weighted by molar-refractivity contribution is 5.75. The highest BCUT2D eigenvalue weighted by Gasteiger charge is 2.13. The molecule has 0 spiro atoms. The van der Waals surface area contributed by atoms with Crippen molar-refractivity contribution in [1.29, 1.82) is 0 Å². The van der Waals surface area contributed by atoms with Gasteiger partial charge in [0.25, 0.3) is 0 Å². The van der Waals surface area contributed by atoms with Gasteiger partial charge in [-0.25, -0.2) is 0 Å². The normalized spacial score (nSPS) is 18.9. The van der Waals surface area contributed by atoms with E-state index in [1.807, 2.05) is 6.92 Å². The third-order valence-electron chi connectivity index (χ3n) is 3.16. The average Bonchev–Trinajstić information content (AvgIpc) is 2.33. The second-order valence-electron chi connectivity index (χ2n) is 5.00. The fraction of sp³-hybridized carbons (Fsp3) is 0.923. The van der Waals surface area contributed by atoms with Gasteiger partial charge in [-0.2, -0.15) is 0 Å². The van der Waals surface area contributed by atoms with Crippen molar-refractivity contribution in [1.82, 2.24) is 5.32 Å². The summed E-state index contributed by atoms with van der Waals surface area (Å²) in [6.07, 6.45) is 7.95. The van der Waals surface area contributed by atoms with Crippen LogP contribution in [-0.2, 0) is 9.53 Å². The Labute approximate surface area is 104 Å². The molecule has 0 saturated heterocycles. The molecule has 0 heterocycles. The first-order chi connectivity index (χ1) is 8.18. The largest absolute Gasteiger partial charge is 0.376 e. The van der Waals surface area contributed by atoms with Crippen LogP contribution < -0.4 is 11.1 Å². The Bertz CT molecular complexity index is 213. The molecular weight excluding hydrogens is 216 g/mol. The molecule has 4 heteroatoms. The van der Waals surface area contributed by atoms with Crippen molar-refractivity contribution >= 4 is 5.91 Å². The zero-order valence-electron chi connectivity index (χ0n) is 10.9. The second kappa shape index (κ2) is 8.48. The summed E-state index contributed by atoms with van der Waals surface area (Å²) in [5.41, 5.74) is 5.59. The van der Waals surface area contributed by atoms with E-state index in [-0.39, 0.29) is 11.9 Å². The number of hydrogen-bond acceptors (Lipinski definition) is 3. The van der Waals surface area contributed by atoms with Gasteiger partial charge in [0, 0.05) is 19.0 Å². The summed E-state index contributed by atoms with van der Waals surface area (Å²) in [7, 11) is 0. The van der Waals surface area contributed by atoms with Crippen molar-refractivity contribution in [3.63, 3.8) is 0 Å². The van der Waals surface area contributed by atoms with Gasteiger partial charge in [0.05, 0.1) is 12.7 Å². The molecule has 1 atom stereocenters. The average molecular weight is 242 g/mol. The number of rotatable bonds is 7. The summed E-state index contributed by atoms with van der Waals surface area (Å²) in [6, 6.07) is 0.0965. The predicted molar refractivity (Wildman–Crippen MR) is 68.7 cm³/mol. The van der Waals surface area contributed by atoms with Crippen LogP contribution in [0.5, 0.6) is 0 Å². The Balaban J connectivity index is 1.94. The summed E-state index contributed by atoms with van der Waals surface area (Å²) in [4.78, 5) is 11.4. The summed E-state index contributed by atoms with van der Waals surface area (Å²) >= 11 is 0. The molecule has 0 aromatic carbocycles. The molecule has 17 heavy (non-hydrogen) atoms. The SMILES string of the molecule is CC(N)CCC(=O)NCCOC1CCCCC1. The van der Waals surface area contributed by atoms with Gasteiger partial charge in [-0.1, -0.05) is 19.3 Å². The van der Waals surface area contributed by atoms with Gasteiger partial charge in [-0.05, 0) is 26.2 Å². The van der Waals surface area contributed by atoms with Crippen LogP contribution in [0, 0.1) is 0 Å². The second-order valence-corrected chi connectivity index (χ2v) is 5.00. The van der Waals surface area contributed by atoms with Gasteiger partial charge in [-0.3, -0.25) is 4.79 Å². The van der Waals surface area contributed by atoms with E-state index in [9.17, 15) is 4.79 Å². The number of nitrogens with one attached hydrogen (secondary N) is 1. The van der Waals surface area contributed by atoms with Crippen LogP contribution in [0.4, 0.5) is 0 Å². The topological polar surface area (TPSA) is 64.4 Å². The van der Waals surface area contributed by atoms with Crippen LogP contribution in [0.25, 0.3) is 0 Å². The highest BCUT2D eigenvalue weighted by atomic mass is 16.5.